The molecule has 3 fully saturated rings. The van der Waals surface area contributed by atoms with Crippen molar-refractivity contribution in [2.75, 3.05) is 6.61 Å². The van der Waals surface area contributed by atoms with Gasteiger partial charge in [-0.25, -0.2) is 0 Å². The maximum absolute atomic E-state index is 13.5. The summed E-state index contributed by atoms with van der Waals surface area (Å²) in [7, 11) is 0. The van der Waals surface area contributed by atoms with Crippen LogP contribution in [0.3, 0.4) is 0 Å². The number of esters is 2. The summed E-state index contributed by atoms with van der Waals surface area (Å²) in [6.07, 6.45) is 6.34. The van der Waals surface area contributed by atoms with Crippen molar-refractivity contribution < 1.29 is 73.2 Å². The summed E-state index contributed by atoms with van der Waals surface area (Å²) in [6, 6.07) is 0. The number of aliphatic hydroxyl groups is 1. The molecule has 10 heteroatoms. The van der Waals surface area contributed by atoms with Crippen LogP contribution < -0.4 is 34.7 Å². The third-order valence-corrected chi connectivity index (χ3v) is 9.94. The van der Waals surface area contributed by atoms with Crippen LogP contribution in [0.25, 0.3) is 0 Å². The quantitative estimate of drug-likeness (QED) is 0.300. The summed E-state index contributed by atoms with van der Waals surface area (Å²) < 4.78 is 11.3. The third-order valence-electron chi connectivity index (χ3n) is 9.94. The molecule has 1 N–H and O–H groups in total. The van der Waals surface area contributed by atoms with Crippen molar-refractivity contribution in [3.8, 4) is 0 Å². The van der Waals surface area contributed by atoms with E-state index < -0.39 is 59.7 Å². The molecule has 7 atom stereocenters. The van der Waals surface area contributed by atoms with Crippen molar-refractivity contribution in [3.63, 3.8) is 0 Å². The van der Waals surface area contributed by atoms with E-state index in [-0.39, 0.29) is 83.7 Å². The number of Topliss-reactive ketones (excluding diaryl/α,β-unsaturated/α-hetero) is 1. The van der Waals surface area contributed by atoms with Crippen molar-refractivity contribution in [3.05, 3.63) is 23.8 Å². The molecular formula is C31H41NaO9. The molecule has 0 amide bonds. The predicted molar refractivity (Wildman–Crippen MR) is 141 cm³/mol. The number of carboxylic acid groups (broad SMARTS) is 1. The van der Waals surface area contributed by atoms with Crippen molar-refractivity contribution in [1.82, 2.24) is 0 Å². The van der Waals surface area contributed by atoms with E-state index in [1.165, 1.54) is 0 Å². The number of rotatable bonds is 8. The molecule has 4 unspecified atom stereocenters. The topological polar surface area (TPSA) is 147 Å². The molecule has 9 nitrogen and oxygen atoms in total. The molecule has 0 aliphatic heterocycles. The molecule has 4 rings (SSSR count). The van der Waals surface area contributed by atoms with E-state index in [0.29, 0.717) is 12.8 Å². The summed E-state index contributed by atoms with van der Waals surface area (Å²) in [5.74, 6) is -3.43. The van der Waals surface area contributed by atoms with Crippen LogP contribution in [-0.2, 0) is 33.4 Å². The van der Waals surface area contributed by atoms with Crippen LogP contribution in [0.15, 0.2) is 23.8 Å². The predicted octanol–water partition coefficient (Wildman–Crippen LogP) is -0.370. The van der Waals surface area contributed by atoms with E-state index >= 15 is 0 Å². The second-order valence-corrected chi connectivity index (χ2v) is 13.8. The van der Waals surface area contributed by atoms with Gasteiger partial charge >= 0.3 is 41.5 Å². The molecule has 0 heterocycles. The number of ketones is 2. The first-order valence-electron chi connectivity index (χ1n) is 14.2. The van der Waals surface area contributed by atoms with Crippen molar-refractivity contribution in [2.45, 2.75) is 97.7 Å². The number of carboxylic acids is 1. The molecule has 220 valence electrons. The van der Waals surface area contributed by atoms with Gasteiger partial charge in [0.15, 0.2) is 12.4 Å². The zero-order valence-electron chi connectivity index (χ0n) is 25.1. The molecule has 0 spiro atoms. The summed E-state index contributed by atoms with van der Waals surface area (Å²) >= 11 is 0. The van der Waals surface area contributed by atoms with Crippen LogP contribution in [0, 0.1) is 34.0 Å². The summed E-state index contributed by atoms with van der Waals surface area (Å²) in [6.45, 7) is 9.16. The van der Waals surface area contributed by atoms with Gasteiger partial charge < -0.3 is 24.5 Å². The zero-order valence-corrected chi connectivity index (χ0v) is 27.1. The zero-order chi connectivity index (χ0) is 29.7. The van der Waals surface area contributed by atoms with E-state index in [0.717, 1.165) is 12.0 Å². The number of hydrogen-bond donors (Lipinski definition) is 1. The Kier molecular flexibility index (Phi) is 9.91. The Bertz CT molecular complexity index is 1170. The van der Waals surface area contributed by atoms with Crippen LogP contribution in [-0.4, -0.2) is 52.9 Å². The Morgan fingerprint density at radius 3 is 2.41 bits per heavy atom. The van der Waals surface area contributed by atoms with Gasteiger partial charge in [0, 0.05) is 22.7 Å². The largest absolute Gasteiger partial charge is 1.00 e. The van der Waals surface area contributed by atoms with Crippen LogP contribution >= 0.6 is 0 Å². The second kappa shape index (κ2) is 12.1. The van der Waals surface area contributed by atoms with Gasteiger partial charge in [0.05, 0.1) is 12.8 Å². The van der Waals surface area contributed by atoms with Crippen molar-refractivity contribution in [2.24, 2.45) is 34.0 Å². The molecule has 4 aliphatic carbocycles. The standard InChI is InChI=1S/C31H42O9.Na/c1-28(2,3)16-26(37)40-22-15-30(5)21(20-7-6-18-14-19(32)10-12-29(18,4)27(20)22)11-13-31(30,38)23(33)17-39-25(36)9-8-24(34)35;/h10,12,14,20-22,27,38H,6-9,11,13,15-17H2,1-5H3,(H,34,35);/q;+1/p-1/t20?,21?,22?,27?,29-,30-,31-;/m0./s1. The van der Waals surface area contributed by atoms with Gasteiger partial charge in [-0.2, -0.15) is 0 Å². The third kappa shape index (κ3) is 6.43. The Balaban J connectivity index is 0.00000462. The van der Waals surface area contributed by atoms with Gasteiger partial charge in [-0.15, -0.1) is 0 Å². The number of allylic oxidation sites excluding steroid dienone is 4. The fourth-order valence-electron chi connectivity index (χ4n) is 8.05. The number of carbonyl (C=O) groups excluding carboxylic acids is 5. The van der Waals surface area contributed by atoms with E-state index in [2.05, 4.69) is 6.92 Å². The molecule has 0 aromatic carbocycles. The van der Waals surface area contributed by atoms with E-state index in [1.807, 2.05) is 33.8 Å². The van der Waals surface area contributed by atoms with Gasteiger partial charge in [-0.3, -0.25) is 19.2 Å². The summed E-state index contributed by atoms with van der Waals surface area (Å²) in [4.78, 5) is 61.4. The van der Waals surface area contributed by atoms with E-state index in [1.54, 1.807) is 12.2 Å². The Morgan fingerprint density at radius 2 is 1.78 bits per heavy atom. The number of hydrogen-bond acceptors (Lipinski definition) is 9. The number of carbonyl (C=O) groups is 5. The molecule has 0 radical (unpaired) electrons. The minimum atomic E-state index is -1.80. The maximum atomic E-state index is 13.5. The smallest absolute Gasteiger partial charge is 0.550 e. The molecule has 3 saturated carbocycles. The number of aliphatic carboxylic acids is 1. The van der Waals surface area contributed by atoms with Gasteiger partial charge in [0.1, 0.15) is 11.7 Å². The SMILES string of the molecule is CC(C)(C)CC(=O)OC1C[C@@]2(C)C(CC[C@]2(O)C(=O)COC(=O)CCC(=O)[O-])C2CCC3=CC(=O)C=C[C@]3(C)C12.[Na+]. The molecule has 4 aliphatic rings. The molecule has 0 aromatic heterocycles. The Morgan fingerprint density at radius 1 is 1.10 bits per heavy atom. The Labute approximate surface area is 263 Å². The molecule has 0 saturated heterocycles. The fraction of sp³-hybridized carbons (Fsp3) is 0.710. The first-order chi connectivity index (χ1) is 18.5. The number of fused-ring (bicyclic) bond motifs is 5. The van der Waals surface area contributed by atoms with Crippen LogP contribution in [0.2, 0.25) is 0 Å². The fourth-order valence-corrected chi connectivity index (χ4v) is 8.05. The van der Waals surface area contributed by atoms with E-state index in [9.17, 15) is 34.2 Å². The first kappa shape index (κ1) is 33.7. The van der Waals surface area contributed by atoms with Crippen molar-refractivity contribution in [1.29, 1.82) is 0 Å². The van der Waals surface area contributed by atoms with Gasteiger partial charge in [-0.05, 0) is 67.9 Å². The maximum Gasteiger partial charge on any atom is 1.00 e. The first-order valence-corrected chi connectivity index (χ1v) is 14.2. The molecule has 0 bridgehead atoms. The molecule has 41 heavy (non-hydrogen) atoms. The van der Waals surface area contributed by atoms with Crippen LogP contribution in [0.5, 0.6) is 0 Å². The molecular weight excluding hydrogens is 539 g/mol. The average molecular weight is 581 g/mol. The summed E-state index contributed by atoms with van der Waals surface area (Å²) in [5, 5.41) is 22.6. The van der Waals surface area contributed by atoms with Crippen LogP contribution in [0.4, 0.5) is 0 Å². The minimum absolute atomic E-state index is 0. The van der Waals surface area contributed by atoms with Gasteiger partial charge in [-0.1, -0.05) is 46.3 Å². The van der Waals surface area contributed by atoms with Crippen LogP contribution in [0.1, 0.15) is 86.0 Å². The van der Waals surface area contributed by atoms with Gasteiger partial charge in [0.25, 0.3) is 0 Å². The monoisotopic (exact) mass is 580 g/mol. The van der Waals surface area contributed by atoms with Crippen molar-refractivity contribution >= 4 is 29.5 Å². The van der Waals surface area contributed by atoms with Gasteiger partial charge in [0.2, 0.25) is 5.78 Å². The minimum Gasteiger partial charge on any atom is -0.550 e. The number of ether oxygens (including phenoxy) is 2. The average Bonchev–Trinajstić information content (AvgIpc) is 3.11. The van der Waals surface area contributed by atoms with E-state index in [4.69, 9.17) is 9.47 Å². The second-order valence-electron chi connectivity index (χ2n) is 13.8. The normalized spacial score (nSPS) is 35.7. The Hall–Kier alpha value is -1.81. The summed E-state index contributed by atoms with van der Waals surface area (Å²) in [5.41, 5.74) is -2.51. The molecule has 0 aromatic rings.